The average molecular weight is 412 g/mol. The number of benzene rings is 2. The number of carbonyl (C=O) groups is 1. The molecule has 9 heteroatoms. The number of rotatable bonds is 5. The van der Waals surface area contributed by atoms with Gasteiger partial charge < -0.3 is 16.4 Å². The molecular weight excluding hydrogens is 392 g/mol. The largest absolute Gasteiger partial charge is 0.382 e. The van der Waals surface area contributed by atoms with Gasteiger partial charge >= 0.3 is 6.03 Å². The number of amides is 2. The molecule has 2 aromatic carbocycles. The summed E-state index contributed by atoms with van der Waals surface area (Å²) in [7, 11) is 0. The first kappa shape index (κ1) is 18.6. The molecule has 3 heterocycles. The molecule has 5 aromatic rings. The van der Waals surface area contributed by atoms with Crippen LogP contribution < -0.4 is 16.4 Å². The lowest BCUT2D eigenvalue weighted by molar-refractivity contribution is 0.251. The van der Waals surface area contributed by atoms with Gasteiger partial charge in [0.25, 0.3) is 0 Å². The number of H-pyrrole nitrogens is 1. The SMILES string of the molecule is Nc1nc2cc(-c3cc[nH]n3)ccc2c2cn(CCNC(=O)Nc3ccccc3)nc12. The number of pyridine rings is 1. The third-order valence-electron chi connectivity index (χ3n) is 4.99. The number of nitrogen functional groups attached to an aromatic ring is 1. The van der Waals surface area contributed by atoms with Crippen molar-refractivity contribution in [3.8, 4) is 11.3 Å². The molecule has 0 aliphatic carbocycles. The van der Waals surface area contributed by atoms with E-state index in [0.717, 1.165) is 33.2 Å². The van der Waals surface area contributed by atoms with E-state index in [2.05, 4.69) is 30.9 Å². The van der Waals surface area contributed by atoms with Gasteiger partial charge in [0.05, 0.1) is 17.8 Å². The molecule has 0 bridgehead atoms. The Bertz CT molecular complexity index is 1360. The molecule has 3 aromatic heterocycles. The van der Waals surface area contributed by atoms with E-state index in [9.17, 15) is 4.79 Å². The molecule has 0 unspecified atom stereocenters. The van der Waals surface area contributed by atoms with Crippen LogP contribution in [0.2, 0.25) is 0 Å². The third-order valence-corrected chi connectivity index (χ3v) is 4.99. The molecule has 0 spiro atoms. The number of aromatic nitrogens is 5. The minimum absolute atomic E-state index is 0.263. The summed E-state index contributed by atoms with van der Waals surface area (Å²) < 4.78 is 1.77. The lowest BCUT2D eigenvalue weighted by Gasteiger charge is -2.07. The van der Waals surface area contributed by atoms with Gasteiger partial charge in [0.2, 0.25) is 0 Å². The van der Waals surface area contributed by atoms with Crippen LogP contribution in [-0.4, -0.2) is 37.5 Å². The van der Waals surface area contributed by atoms with Crippen molar-refractivity contribution in [3.05, 3.63) is 67.0 Å². The molecule has 5 N–H and O–H groups in total. The molecule has 0 radical (unpaired) electrons. The number of urea groups is 1. The monoisotopic (exact) mass is 412 g/mol. The summed E-state index contributed by atoms with van der Waals surface area (Å²) in [6.45, 7) is 0.921. The van der Waals surface area contributed by atoms with Gasteiger partial charge in [0.15, 0.2) is 5.82 Å². The summed E-state index contributed by atoms with van der Waals surface area (Å²) in [4.78, 5) is 16.6. The van der Waals surface area contributed by atoms with E-state index >= 15 is 0 Å². The molecule has 31 heavy (non-hydrogen) atoms. The van der Waals surface area contributed by atoms with Crippen LogP contribution in [0.15, 0.2) is 67.0 Å². The van der Waals surface area contributed by atoms with E-state index < -0.39 is 0 Å². The zero-order chi connectivity index (χ0) is 21.2. The second kappa shape index (κ2) is 7.79. The lowest BCUT2D eigenvalue weighted by atomic mass is 10.1. The maximum atomic E-state index is 12.0. The van der Waals surface area contributed by atoms with Gasteiger partial charge in [-0.1, -0.05) is 30.3 Å². The van der Waals surface area contributed by atoms with Crippen molar-refractivity contribution in [3.63, 3.8) is 0 Å². The first-order valence-electron chi connectivity index (χ1n) is 9.84. The number of nitrogens with one attached hydrogen (secondary N) is 3. The smallest absolute Gasteiger partial charge is 0.319 e. The number of carbonyl (C=O) groups excluding carboxylic acids is 1. The Kier molecular flexibility index (Phi) is 4.68. The normalized spacial score (nSPS) is 11.1. The number of aromatic amines is 1. The van der Waals surface area contributed by atoms with Crippen LogP contribution in [0.5, 0.6) is 0 Å². The van der Waals surface area contributed by atoms with Crippen molar-refractivity contribution in [2.24, 2.45) is 0 Å². The highest BCUT2D eigenvalue weighted by Gasteiger charge is 2.12. The van der Waals surface area contributed by atoms with E-state index in [4.69, 9.17) is 5.73 Å². The molecule has 0 aliphatic heterocycles. The first-order valence-corrected chi connectivity index (χ1v) is 9.84. The van der Waals surface area contributed by atoms with Crippen molar-refractivity contribution in [2.75, 3.05) is 17.6 Å². The summed E-state index contributed by atoms with van der Waals surface area (Å²) in [5, 5.41) is 19.1. The number of nitrogens with two attached hydrogens (primary N) is 1. The van der Waals surface area contributed by atoms with Crippen molar-refractivity contribution in [1.29, 1.82) is 0 Å². The molecule has 2 amide bonds. The first-order chi connectivity index (χ1) is 15.2. The van der Waals surface area contributed by atoms with Gasteiger partial charge in [-0.25, -0.2) is 9.78 Å². The third kappa shape index (κ3) is 3.76. The maximum absolute atomic E-state index is 12.0. The van der Waals surface area contributed by atoms with Crippen LogP contribution in [0.1, 0.15) is 0 Å². The molecular formula is C22H20N8O. The Morgan fingerprint density at radius 3 is 2.77 bits per heavy atom. The van der Waals surface area contributed by atoms with Crippen molar-refractivity contribution in [2.45, 2.75) is 6.54 Å². The minimum atomic E-state index is -0.263. The Balaban J connectivity index is 1.34. The van der Waals surface area contributed by atoms with Crippen molar-refractivity contribution >= 4 is 39.3 Å². The van der Waals surface area contributed by atoms with Gasteiger partial charge in [-0.05, 0) is 24.3 Å². The van der Waals surface area contributed by atoms with Gasteiger partial charge in [-0.2, -0.15) is 10.2 Å². The second-order valence-corrected chi connectivity index (χ2v) is 7.09. The number of nitrogens with zero attached hydrogens (tertiary/aromatic N) is 4. The highest BCUT2D eigenvalue weighted by Crippen LogP contribution is 2.29. The van der Waals surface area contributed by atoms with E-state index in [1.54, 1.807) is 10.9 Å². The van der Waals surface area contributed by atoms with E-state index in [0.29, 0.717) is 24.4 Å². The minimum Gasteiger partial charge on any atom is -0.382 e. The van der Waals surface area contributed by atoms with Crippen molar-refractivity contribution < 1.29 is 4.79 Å². The average Bonchev–Trinajstić information content (AvgIpc) is 3.45. The Labute approximate surface area is 177 Å². The van der Waals surface area contributed by atoms with Gasteiger partial charge in [0, 0.05) is 41.0 Å². The Morgan fingerprint density at radius 1 is 1.10 bits per heavy atom. The number of hydrogen-bond acceptors (Lipinski definition) is 5. The molecule has 0 fully saturated rings. The fourth-order valence-corrected chi connectivity index (χ4v) is 3.52. The van der Waals surface area contributed by atoms with Crippen LogP contribution in [0, 0.1) is 0 Å². The number of anilines is 2. The summed E-state index contributed by atoms with van der Waals surface area (Å²) in [6.07, 6.45) is 3.71. The fourth-order valence-electron chi connectivity index (χ4n) is 3.52. The fraction of sp³-hybridized carbons (Fsp3) is 0.0909. The summed E-state index contributed by atoms with van der Waals surface area (Å²) in [5.74, 6) is 0.371. The highest BCUT2D eigenvalue weighted by atomic mass is 16.2. The van der Waals surface area contributed by atoms with E-state index in [-0.39, 0.29) is 6.03 Å². The second-order valence-electron chi connectivity index (χ2n) is 7.09. The topological polar surface area (TPSA) is 127 Å². The predicted molar refractivity (Wildman–Crippen MR) is 120 cm³/mol. The zero-order valence-corrected chi connectivity index (χ0v) is 16.5. The van der Waals surface area contributed by atoms with Gasteiger partial charge in [-0.3, -0.25) is 9.78 Å². The van der Waals surface area contributed by atoms with Crippen LogP contribution >= 0.6 is 0 Å². The van der Waals surface area contributed by atoms with Crippen molar-refractivity contribution in [1.82, 2.24) is 30.3 Å². The van der Waals surface area contributed by atoms with Crippen LogP contribution in [0.4, 0.5) is 16.3 Å². The Morgan fingerprint density at radius 2 is 1.97 bits per heavy atom. The zero-order valence-electron chi connectivity index (χ0n) is 16.5. The molecule has 0 atom stereocenters. The van der Waals surface area contributed by atoms with E-state index in [1.807, 2.05) is 60.8 Å². The van der Waals surface area contributed by atoms with Gasteiger partial charge in [-0.15, -0.1) is 0 Å². The van der Waals surface area contributed by atoms with Gasteiger partial charge in [0.1, 0.15) is 5.52 Å². The summed E-state index contributed by atoms with van der Waals surface area (Å²) >= 11 is 0. The number of fused-ring (bicyclic) bond motifs is 3. The summed E-state index contributed by atoms with van der Waals surface area (Å²) in [5.41, 5.74) is 10.2. The molecule has 5 rings (SSSR count). The molecule has 154 valence electrons. The lowest BCUT2D eigenvalue weighted by Crippen LogP contribution is -2.31. The molecule has 0 aliphatic rings. The quantitative estimate of drug-likeness (QED) is 0.352. The van der Waals surface area contributed by atoms with E-state index in [1.165, 1.54) is 0 Å². The predicted octanol–water partition coefficient (Wildman–Crippen LogP) is 3.38. The standard InChI is InChI=1S/C22H20N8O/c23-21-20-17(16-7-6-14(12-19(16)27-21)18-8-9-25-28-18)13-30(29-20)11-10-24-22(31)26-15-4-2-1-3-5-15/h1-9,12-13H,10-11H2,(H2,23,27)(H,25,28)(H2,24,26,31). The molecule has 9 nitrogen and oxygen atoms in total. The number of hydrogen-bond donors (Lipinski definition) is 4. The molecule has 0 saturated heterocycles. The number of para-hydroxylation sites is 1. The van der Waals surface area contributed by atoms with Crippen LogP contribution in [0.3, 0.4) is 0 Å². The highest BCUT2D eigenvalue weighted by molar-refractivity contribution is 6.08. The maximum Gasteiger partial charge on any atom is 0.319 e. The Hall–Kier alpha value is -4.40. The molecule has 0 saturated carbocycles. The van der Waals surface area contributed by atoms with Crippen LogP contribution in [-0.2, 0) is 6.54 Å². The summed E-state index contributed by atoms with van der Waals surface area (Å²) in [6, 6.07) is 16.9. The van der Waals surface area contributed by atoms with Crippen LogP contribution in [0.25, 0.3) is 33.1 Å².